The molecule has 0 spiro atoms. The number of aromatic nitrogens is 4. The third-order valence-corrected chi connectivity index (χ3v) is 9.70. The molecule has 23 heteroatoms. The molecule has 2 saturated heterocycles. The largest absolute Gasteiger partial charge is 0.445 e. The number of halogens is 4. The second kappa shape index (κ2) is 17.2. The van der Waals surface area contributed by atoms with E-state index in [4.69, 9.17) is 42.6 Å². The van der Waals surface area contributed by atoms with Crippen molar-refractivity contribution in [1.82, 2.24) is 19.1 Å². The number of anilines is 2. The fourth-order valence-electron chi connectivity index (χ4n) is 5.42. The third kappa shape index (κ3) is 9.63. The first-order chi connectivity index (χ1) is 26.1. The molecule has 0 bridgehead atoms. The number of aliphatic hydroxyl groups is 2. The number of H-pyrrole nitrogens is 1. The van der Waals surface area contributed by atoms with Crippen LogP contribution in [0.3, 0.4) is 0 Å². The number of cyclic esters (lactones) is 1. The molecule has 4 aliphatic rings. The lowest BCUT2D eigenvalue weighted by atomic mass is 9.90. The summed E-state index contributed by atoms with van der Waals surface area (Å²) >= 11 is 7.25. The summed E-state index contributed by atoms with van der Waals surface area (Å²) < 4.78 is 58.9. The number of carbonyl (C=O) groups is 1. The number of fused-ring (bicyclic) bond motifs is 1. The SMILES string of the molecule is Cc1cn([C@H]2C[C@H](N=[N+]=[N-])[C@@H](CO)O2)c(=O)[nH]c1=O.Nc1ccn([C@H]2CS[C@@H](CO)O2)c(=O)n1.O=C1Nc2ccc(Cl)cc2[C@@](C#CC2CC2)(C(F)(F)F)O1. The van der Waals surface area contributed by atoms with E-state index in [1.165, 1.54) is 39.2 Å². The van der Waals surface area contributed by atoms with Crippen LogP contribution in [0.1, 0.15) is 42.8 Å². The smallest absolute Gasteiger partial charge is 0.415 e. The van der Waals surface area contributed by atoms with Gasteiger partial charge in [0.2, 0.25) is 0 Å². The third-order valence-electron chi connectivity index (χ3n) is 8.36. The Labute approximate surface area is 317 Å². The van der Waals surface area contributed by atoms with Gasteiger partial charge in [-0.1, -0.05) is 22.6 Å². The Bertz CT molecular complexity index is 2200. The Morgan fingerprint density at radius 2 is 1.91 bits per heavy atom. The summed E-state index contributed by atoms with van der Waals surface area (Å²) in [6, 6.07) is 4.81. The van der Waals surface area contributed by atoms with Crippen LogP contribution in [-0.2, 0) is 19.8 Å². The number of alkyl halides is 3. The van der Waals surface area contributed by atoms with Gasteiger partial charge in [0.15, 0.2) is 0 Å². The van der Waals surface area contributed by atoms with Crippen LogP contribution in [0.4, 0.5) is 29.5 Å². The molecule has 1 amide bonds. The summed E-state index contributed by atoms with van der Waals surface area (Å²) in [6.07, 6.45) is -3.03. The van der Waals surface area contributed by atoms with Crippen LogP contribution in [0.25, 0.3) is 10.4 Å². The minimum atomic E-state index is -4.87. The van der Waals surface area contributed by atoms with Gasteiger partial charge in [-0.25, -0.2) is 14.4 Å². The van der Waals surface area contributed by atoms with E-state index >= 15 is 0 Å². The maximum Gasteiger partial charge on any atom is 0.445 e. The number of nitrogens with one attached hydrogen (secondary N) is 2. The number of aromatic amines is 1. The lowest BCUT2D eigenvalue weighted by molar-refractivity contribution is -0.239. The first-order valence-electron chi connectivity index (χ1n) is 16.3. The van der Waals surface area contributed by atoms with Crippen molar-refractivity contribution in [3.63, 3.8) is 0 Å². The maximum atomic E-state index is 13.6. The van der Waals surface area contributed by atoms with Crippen LogP contribution in [0.15, 0.2) is 56.2 Å². The van der Waals surface area contributed by atoms with Crippen molar-refractivity contribution >= 4 is 41.0 Å². The predicted molar refractivity (Wildman–Crippen MR) is 191 cm³/mol. The normalized spacial score (nSPS) is 25.3. The van der Waals surface area contributed by atoms with Gasteiger partial charge < -0.3 is 30.2 Å². The van der Waals surface area contributed by atoms with E-state index in [0.717, 1.165) is 18.9 Å². The van der Waals surface area contributed by atoms with Gasteiger partial charge in [-0.15, -0.1) is 11.8 Å². The van der Waals surface area contributed by atoms with E-state index in [2.05, 4.69) is 41.9 Å². The molecule has 0 unspecified atom stereocenters. The zero-order chi connectivity index (χ0) is 40.1. The molecule has 7 rings (SSSR count). The number of nitrogens with zero attached hydrogens (tertiary/aromatic N) is 6. The summed E-state index contributed by atoms with van der Waals surface area (Å²) in [5.74, 6) is 5.42. The molecule has 6 N–H and O–H groups in total. The van der Waals surface area contributed by atoms with Gasteiger partial charge >= 0.3 is 23.6 Å². The minimum Gasteiger partial charge on any atom is -0.415 e. The number of carbonyl (C=O) groups excluding carboxylic acids is 1. The van der Waals surface area contributed by atoms with Crippen LogP contribution in [-0.4, -0.2) is 78.1 Å². The molecule has 1 saturated carbocycles. The Hall–Kier alpha value is -5.01. The topological polar surface area (TPSA) is 262 Å². The zero-order valence-corrected chi connectivity index (χ0v) is 30.2. The first-order valence-corrected chi connectivity index (χ1v) is 17.8. The average Bonchev–Trinajstić information content (AvgIpc) is 3.69. The highest BCUT2D eigenvalue weighted by atomic mass is 35.5. The molecular weight excluding hydrogens is 779 g/mol. The highest BCUT2D eigenvalue weighted by molar-refractivity contribution is 8.00. The van der Waals surface area contributed by atoms with Gasteiger partial charge in [-0.3, -0.25) is 24.2 Å². The summed E-state index contributed by atoms with van der Waals surface area (Å²) in [7, 11) is 0. The highest BCUT2D eigenvalue weighted by Crippen LogP contribution is 2.48. The number of benzene rings is 1. The molecule has 294 valence electrons. The standard InChI is InChI=1S/C14H9ClF3NO2.C10H13N5O4.C8H11N3O3S/c15-9-3-4-11-10(7-9)13(14(16,17)18,21-12(20)19-11)6-5-8-1-2-8;1-5-3-15(10(18)12-9(5)17)8-2-6(13-14-11)7(4-16)19-8;9-5-1-2-11(8(13)10-5)6-4-15-7(3-12)14-6/h3-4,7-8H,1-2H2,(H,19,20);3,6-8,16H,2,4H2,1H3,(H,12,17,18);1-2,6-7,12H,3-4H2,(H2,9,10,13)/t13-;6-,7+,8+;6-,7+/m001/s1. The number of rotatable bonds is 5. The Morgan fingerprint density at radius 3 is 2.53 bits per heavy atom. The fraction of sp³-hybridized carbons (Fsp3) is 0.469. The number of azide groups is 1. The predicted octanol–water partition coefficient (Wildman–Crippen LogP) is 3.28. The molecule has 6 atom stereocenters. The molecule has 1 aliphatic carbocycles. The van der Waals surface area contributed by atoms with Crippen molar-refractivity contribution < 1.29 is 42.4 Å². The number of amides is 1. The van der Waals surface area contributed by atoms with Crippen molar-refractivity contribution in [3.05, 3.63) is 94.6 Å². The minimum absolute atomic E-state index is 0.00179. The first kappa shape index (κ1) is 41.2. The summed E-state index contributed by atoms with van der Waals surface area (Å²) in [5.41, 5.74) is 9.16. The molecule has 1 aromatic carbocycles. The summed E-state index contributed by atoms with van der Waals surface area (Å²) in [5, 5.41) is 23.9. The number of thioether (sulfide) groups is 1. The van der Waals surface area contributed by atoms with E-state index in [1.54, 1.807) is 19.2 Å². The van der Waals surface area contributed by atoms with Gasteiger partial charge in [0.1, 0.15) is 23.7 Å². The van der Waals surface area contributed by atoms with E-state index in [9.17, 15) is 32.3 Å². The molecule has 3 aromatic rings. The number of hydrogen-bond donors (Lipinski definition) is 5. The molecule has 3 aliphatic heterocycles. The Kier molecular flexibility index (Phi) is 12.9. The maximum absolute atomic E-state index is 13.6. The van der Waals surface area contributed by atoms with Crippen molar-refractivity contribution in [2.24, 2.45) is 11.0 Å². The van der Waals surface area contributed by atoms with Crippen molar-refractivity contribution in [1.29, 1.82) is 0 Å². The van der Waals surface area contributed by atoms with Crippen molar-refractivity contribution in [3.8, 4) is 11.8 Å². The Morgan fingerprint density at radius 1 is 1.16 bits per heavy atom. The summed E-state index contributed by atoms with van der Waals surface area (Å²) in [6.45, 7) is 1.20. The lowest BCUT2D eigenvalue weighted by Crippen LogP contribution is -2.49. The van der Waals surface area contributed by atoms with Crippen molar-refractivity contribution in [2.45, 2.75) is 68.0 Å². The number of hydrogen-bond acceptors (Lipinski definition) is 13. The monoisotopic (exact) mass is 811 g/mol. The van der Waals surface area contributed by atoms with Crippen molar-refractivity contribution in [2.75, 3.05) is 30.0 Å². The van der Waals surface area contributed by atoms with E-state index < -0.39 is 53.2 Å². The van der Waals surface area contributed by atoms with Gasteiger partial charge in [-0.2, -0.15) is 18.2 Å². The van der Waals surface area contributed by atoms with E-state index in [0.29, 0.717) is 11.3 Å². The second-order valence-corrected chi connectivity index (χ2v) is 13.9. The Balaban J connectivity index is 0.000000160. The number of nitrogen functional groups attached to an aromatic ring is 1. The number of nitrogens with two attached hydrogens (primary N) is 1. The number of aliphatic hydroxyl groups excluding tert-OH is 2. The quantitative estimate of drug-likeness (QED) is 0.108. The highest BCUT2D eigenvalue weighted by Gasteiger charge is 2.62. The molecule has 5 heterocycles. The lowest BCUT2D eigenvalue weighted by Gasteiger charge is -2.35. The molecule has 55 heavy (non-hydrogen) atoms. The number of ether oxygens (including phenoxy) is 3. The fourth-order valence-corrected chi connectivity index (χ4v) is 6.52. The van der Waals surface area contributed by atoms with Gasteiger partial charge in [0, 0.05) is 51.5 Å². The average molecular weight is 812 g/mol. The van der Waals surface area contributed by atoms with Crippen LogP contribution < -0.4 is 28.0 Å². The van der Waals surface area contributed by atoms with E-state index in [-0.39, 0.29) is 59.3 Å². The second-order valence-electron chi connectivity index (χ2n) is 12.3. The van der Waals surface area contributed by atoms with Gasteiger partial charge in [0.25, 0.3) is 11.2 Å². The molecule has 18 nitrogen and oxygen atoms in total. The van der Waals surface area contributed by atoms with Crippen LogP contribution in [0.2, 0.25) is 5.02 Å². The molecule has 2 aromatic heterocycles. The van der Waals surface area contributed by atoms with Crippen LogP contribution in [0, 0.1) is 24.7 Å². The zero-order valence-electron chi connectivity index (χ0n) is 28.6. The van der Waals surface area contributed by atoms with Gasteiger partial charge in [-0.05, 0) is 55.5 Å². The van der Waals surface area contributed by atoms with Gasteiger partial charge in [0.05, 0.1) is 31.0 Å². The summed E-state index contributed by atoms with van der Waals surface area (Å²) in [4.78, 5) is 54.4. The molecule has 0 radical (unpaired) electrons. The van der Waals surface area contributed by atoms with Crippen LogP contribution in [0.5, 0.6) is 0 Å². The molecule has 3 fully saturated rings. The van der Waals surface area contributed by atoms with Crippen LogP contribution >= 0.6 is 23.4 Å². The molecular formula is C32H33ClF3N9O9S. The number of aryl methyl sites for hydroxylation is 1. The van der Waals surface area contributed by atoms with E-state index in [1.807, 2.05) is 0 Å².